The highest BCUT2D eigenvalue weighted by molar-refractivity contribution is 7.92. The summed E-state index contributed by atoms with van der Waals surface area (Å²) in [5.74, 6) is -0.783. The van der Waals surface area contributed by atoms with E-state index in [-0.39, 0.29) is 34.1 Å². The maximum Gasteiger partial charge on any atom is 0.264 e. The fourth-order valence-electron chi connectivity index (χ4n) is 4.34. The molecule has 2 atom stereocenters. The van der Waals surface area contributed by atoms with Crippen LogP contribution < -0.4 is 9.62 Å². The first-order valence-electron chi connectivity index (χ1n) is 13.5. The van der Waals surface area contributed by atoms with Gasteiger partial charge in [-0.2, -0.15) is 0 Å². The number of nitrogens with zero attached hydrogens (tertiary/aromatic N) is 2. The van der Waals surface area contributed by atoms with Crippen LogP contribution in [-0.4, -0.2) is 43.8 Å². The topological polar surface area (TPSA) is 86.8 Å². The highest BCUT2D eigenvalue weighted by Crippen LogP contribution is 2.31. The second kappa shape index (κ2) is 13.8. The largest absolute Gasteiger partial charge is 0.352 e. The summed E-state index contributed by atoms with van der Waals surface area (Å²) < 4.78 is 28.9. The molecule has 0 saturated heterocycles. The minimum atomic E-state index is -4.18. The van der Waals surface area contributed by atoms with E-state index >= 15 is 0 Å². The molecule has 2 amide bonds. The number of anilines is 1. The summed E-state index contributed by atoms with van der Waals surface area (Å²) in [6, 6.07) is 19.7. The van der Waals surface area contributed by atoms with E-state index < -0.39 is 28.5 Å². The number of rotatable bonds is 12. The number of carbonyl (C=O) groups excluding carboxylic acids is 2. The Morgan fingerprint density at radius 3 is 2.12 bits per heavy atom. The van der Waals surface area contributed by atoms with Gasteiger partial charge in [-0.15, -0.1) is 0 Å². The molecule has 7 nitrogen and oxygen atoms in total. The molecule has 0 spiro atoms. The van der Waals surface area contributed by atoms with Gasteiger partial charge in [-0.25, -0.2) is 8.42 Å². The Bertz CT molecular complexity index is 1430. The van der Waals surface area contributed by atoms with Crippen LogP contribution in [0.5, 0.6) is 0 Å². The molecule has 0 aliphatic carbocycles. The number of aryl methyl sites for hydroxylation is 2. The highest BCUT2D eigenvalue weighted by Gasteiger charge is 2.34. The second-order valence-electron chi connectivity index (χ2n) is 9.97. The van der Waals surface area contributed by atoms with Crippen molar-refractivity contribution in [3.63, 3.8) is 0 Å². The molecule has 3 aromatic rings. The van der Waals surface area contributed by atoms with Crippen LogP contribution in [0.3, 0.4) is 0 Å². The van der Waals surface area contributed by atoms with Crippen LogP contribution in [0, 0.1) is 13.8 Å². The van der Waals surface area contributed by atoms with Gasteiger partial charge in [0.1, 0.15) is 12.6 Å². The Balaban J connectivity index is 2.08. The molecular formula is C31H38ClN3O4S. The number of hydrogen-bond donors (Lipinski definition) is 1. The van der Waals surface area contributed by atoms with Gasteiger partial charge in [-0.05, 0) is 69.0 Å². The van der Waals surface area contributed by atoms with Gasteiger partial charge < -0.3 is 10.2 Å². The Labute approximate surface area is 243 Å². The van der Waals surface area contributed by atoms with Crippen LogP contribution >= 0.6 is 11.6 Å². The van der Waals surface area contributed by atoms with Crippen molar-refractivity contribution < 1.29 is 18.0 Å². The molecule has 0 radical (unpaired) electrons. The van der Waals surface area contributed by atoms with Crippen molar-refractivity contribution >= 4 is 39.1 Å². The highest BCUT2D eigenvalue weighted by atomic mass is 35.5. The van der Waals surface area contributed by atoms with Gasteiger partial charge in [0.05, 0.1) is 15.6 Å². The lowest BCUT2D eigenvalue weighted by Gasteiger charge is -2.34. The molecule has 0 heterocycles. The fraction of sp³-hybridized carbons (Fsp3) is 0.355. The normalized spacial score (nSPS) is 12.8. The van der Waals surface area contributed by atoms with Crippen molar-refractivity contribution in [1.29, 1.82) is 0 Å². The van der Waals surface area contributed by atoms with Gasteiger partial charge in [-0.3, -0.25) is 13.9 Å². The molecule has 0 unspecified atom stereocenters. The molecule has 40 heavy (non-hydrogen) atoms. The molecule has 1 N–H and O–H groups in total. The van der Waals surface area contributed by atoms with Crippen LogP contribution in [0.4, 0.5) is 5.69 Å². The summed E-state index contributed by atoms with van der Waals surface area (Å²) in [6.45, 7) is 9.15. The molecule has 0 saturated carbocycles. The number of halogens is 1. The lowest BCUT2D eigenvalue weighted by molar-refractivity contribution is -0.140. The standard InChI is InChI=1S/C31H38ClN3O4S/c1-6-24(5)33-31(37)28(7-2)34(20-25-13-9-8-12-23(25)4)30(36)21-35(29-15-11-10-14-27(29)32)40(38,39)26-18-16-22(3)17-19-26/h8-19,24,28H,6-7,20-21H2,1-5H3,(H,33,37)/t24-,28+/m1/s1. The van der Waals surface area contributed by atoms with Crippen molar-refractivity contribution in [2.75, 3.05) is 10.8 Å². The van der Waals surface area contributed by atoms with Crippen molar-refractivity contribution in [2.45, 2.75) is 71.0 Å². The zero-order chi connectivity index (χ0) is 29.4. The Morgan fingerprint density at radius 2 is 1.52 bits per heavy atom. The van der Waals surface area contributed by atoms with Crippen LogP contribution in [0.15, 0.2) is 77.7 Å². The predicted octanol–water partition coefficient (Wildman–Crippen LogP) is 5.87. The van der Waals surface area contributed by atoms with E-state index in [1.807, 2.05) is 58.9 Å². The number of para-hydroxylation sites is 1. The number of benzene rings is 3. The summed E-state index contributed by atoms with van der Waals surface area (Å²) in [7, 11) is -4.18. The van der Waals surface area contributed by atoms with Crippen molar-refractivity contribution in [3.8, 4) is 0 Å². The minimum absolute atomic E-state index is 0.0397. The predicted molar refractivity (Wildman–Crippen MR) is 161 cm³/mol. The molecular weight excluding hydrogens is 546 g/mol. The van der Waals surface area contributed by atoms with E-state index in [4.69, 9.17) is 11.6 Å². The summed E-state index contributed by atoms with van der Waals surface area (Å²) in [5.41, 5.74) is 2.93. The van der Waals surface area contributed by atoms with E-state index in [1.165, 1.54) is 17.0 Å². The molecule has 9 heteroatoms. The number of carbonyl (C=O) groups is 2. The minimum Gasteiger partial charge on any atom is -0.352 e. The number of amides is 2. The number of hydrogen-bond acceptors (Lipinski definition) is 4. The maximum absolute atomic E-state index is 14.1. The van der Waals surface area contributed by atoms with Gasteiger partial charge in [0.2, 0.25) is 11.8 Å². The van der Waals surface area contributed by atoms with E-state index in [2.05, 4.69) is 5.32 Å². The first-order valence-corrected chi connectivity index (χ1v) is 15.3. The fourth-order valence-corrected chi connectivity index (χ4v) is 6.06. The summed E-state index contributed by atoms with van der Waals surface area (Å²) in [4.78, 5) is 29.0. The smallest absolute Gasteiger partial charge is 0.264 e. The maximum atomic E-state index is 14.1. The van der Waals surface area contributed by atoms with Crippen LogP contribution in [0.1, 0.15) is 50.3 Å². The summed E-state index contributed by atoms with van der Waals surface area (Å²) in [6.07, 6.45) is 1.10. The first-order chi connectivity index (χ1) is 19.0. The Hall–Kier alpha value is -3.36. The van der Waals surface area contributed by atoms with Crippen LogP contribution in [0.2, 0.25) is 5.02 Å². The van der Waals surface area contributed by atoms with Crippen molar-refractivity contribution in [1.82, 2.24) is 10.2 Å². The lowest BCUT2D eigenvalue weighted by atomic mass is 10.1. The first kappa shape index (κ1) is 31.2. The monoisotopic (exact) mass is 583 g/mol. The van der Waals surface area contributed by atoms with Crippen LogP contribution in [-0.2, 0) is 26.2 Å². The number of nitrogens with one attached hydrogen (secondary N) is 1. The third-order valence-corrected chi connectivity index (χ3v) is 9.09. The Morgan fingerprint density at radius 1 is 0.900 bits per heavy atom. The van der Waals surface area contributed by atoms with E-state index in [1.54, 1.807) is 36.4 Å². The summed E-state index contributed by atoms with van der Waals surface area (Å²) >= 11 is 6.47. The third kappa shape index (κ3) is 7.43. The average Bonchev–Trinajstić information content (AvgIpc) is 2.93. The molecule has 0 fully saturated rings. The summed E-state index contributed by atoms with van der Waals surface area (Å²) in [5, 5.41) is 3.18. The molecule has 0 aliphatic rings. The molecule has 3 aromatic carbocycles. The second-order valence-corrected chi connectivity index (χ2v) is 12.2. The SMILES string of the molecule is CC[C@@H](C)NC(=O)[C@H](CC)N(Cc1ccccc1C)C(=O)CN(c1ccccc1Cl)S(=O)(=O)c1ccc(C)cc1. The van der Waals surface area contributed by atoms with Gasteiger partial charge in [0, 0.05) is 12.6 Å². The molecule has 0 aliphatic heterocycles. The van der Waals surface area contributed by atoms with E-state index in [0.717, 1.165) is 27.4 Å². The van der Waals surface area contributed by atoms with Crippen molar-refractivity contribution in [3.05, 3.63) is 94.5 Å². The molecule has 0 bridgehead atoms. The quantitative estimate of drug-likeness (QED) is 0.289. The number of sulfonamides is 1. The molecule has 214 valence electrons. The van der Waals surface area contributed by atoms with E-state index in [9.17, 15) is 18.0 Å². The van der Waals surface area contributed by atoms with Gasteiger partial charge in [0.25, 0.3) is 10.0 Å². The Kier molecular flexibility index (Phi) is 10.8. The zero-order valence-corrected chi connectivity index (χ0v) is 25.3. The lowest BCUT2D eigenvalue weighted by Crippen LogP contribution is -2.53. The van der Waals surface area contributed by atoms with Crippen LogP contribution in [0.25, 0.3) is 0 Å². The third-order valence-electron chi connectivity index (χ3n) is 7.00. The molecule has 3 rings (SSSR count). The van der Waals surface area contributed by atoms with Crippen molar-refractivity contribution in [2.24, 2.45) is 0 Å². The average molecular weight is 584 g/mol. The van der Waals surface area contributed by atoms with Gasteiger partial charge >= 0.3 is 0 Å². The zero-order valence-electron chi connectivity index (χ0n) is 23.7. The van der Waals surface area contributed by atoms with Gasteiger partial charge in [-0.1, -0.05) is 79.5 Å². The van der Waals surface area contributed by atoms with E-state index in [0.29, 0.717) is 6.42 Å². The molecule has 0 aromatic heterocycles. The van der Waals surface area contributed by atoms with Gasteiger partial charge in [0.15, 0.2) is 0 Å².